The van der Waals surface area contributed by atoms with Gasteiger partial charge in [0.1, 0.15) is 5.82 Å². The first-order chi connectivity index (χ1) is 10.2. The Bertz CT molecular complexity index is 442. The van der Waals surface area contributed by atoms with Gasteiger partial charge in [-0.25, -0.2) is 4.39 Å². The summed E-state index contributed by atoms with van der Waals surface area (Å²) in [5, 5.41) is 9.63. The predicted molar refractivity (Wildman–Crippen MR) is 81.0 cm³/mol. The second kappa shape index (κ2) is 8.66. The molecule has 1 fully saturated rings. The lowest BCUT2D eigenvalue weighted by Crippen LogP contribution is -2.41. The van der Waals surface area contributed by atoms with E-state index < -0.39 is 0 Å². The van der Waals surface area contributed by atoms with Gasteiger partial charge < -0.3 is 9.84 Å². The molecular formula is C15H22ClFN2O2. The van der Waals surface area contributed by atoms with Gasteiger partial charge in [0.15, 0.2) is 0 Å². The van der Waals surface area contributed by atoms with Crippen molar-refractivity contribution >= 4 is 11.6 Å². The molecule has 1 saturated heterocycles. The fourth-order valence-corrected chi connectivity index (χ4v) is 2.64. The van der Waals surface area contributed by atoms with Crippen molar-refractivity contribution in [2.45, 2.75) is 6.54 Å². The lowest BCUT2D eigenvalue weighted by molar-refractivity contribution is 0.0320. The molecule has 1 aliphatic rings. The average molecular weight is 317 g/mol. The van der Waals surface area contributed by atoms with E-state index in [1.165, 1.54) is 12.1 Å². The van der Waals surface area contributed by atoms with Crippen LogP contribution in [0.3, 0.4) is 0 Å². The number of benzene rings is 1. The van der Waals surface area contributed by atoms with E-state index in [2.05, 4.69) is 9.80 Å². The van der Waals surface area contributed by atoms with Crippen LogP contribution >= 0.6 is 11.6 Å². The summed E-state index contributed by atoms with van der Waals surface area (Å²) in [5.41, 5.74) is 0.883. The number of rotatable bonds is 7. The number of aliphatic hydroxyl groups is 1. The van der Waals surface area contributed by atoms with Crippen molar-refractivity contribution in [3.8, 4) is 0 Å². The third kappa shape index (κ3) is 5.52. The van der Waals surface area contributed by atoms with Crippen molar-refractivity contribution < 1.29 is 14.2 Å². The van der Waals surface area contributed by atoms with E-state index >= 15 is 0 Å². The van der Waals surface area contributed by atoms with Gasteiger partial charge in [0, 0.05) is 44.3 Å². The highest BCUT2D eigenvalue weighted by molar-refractivity contribution is 6.31. The minimum atomic E-state index is -0.328. The maximum absolute atomic E-state index is 13.1. The number of ether oxygens (including phenoxy) is 1. The quantitative estimate of drug-likeness (QED) is 0.829. The fourth-order valence-electron chi connectivity index (χ4n) is 2.41. The number of nitrogens with zero attached hydrogens (tertiary/aromatic N) is 2. The molecule has 6 heteroatoms. The molecule has 0 atom stereocenters. The molecular weight excluding hydrogens is 295 g/mol. The predicted octanol–water partition coefficient (Wildman–Crippen LogP) is 1.61. The van der Waals surface area contributed by atoms with E-state index in [1.807, 2.05) is 0 Å². The van der Waals surface area contributed by atoms with Crippen molar-refractivity contribution in [1.82, 2.24) is 9.80 Å². The summed E-state index contributed by atoms with van der Waals surface area (Å²) < 4.78 is 18.4. The molecule has 0 unspecified atom stereocenters. The van der Waals surface area contributed by atoms with E-state index in [-0.39, 0.29) is 12.4 Å². The van der Waals surface area contributed by atoms with Crippen molar-refractivity contribution in [2.24, 2.45) is 0 Å². The zero-order valence-electron chi connectivity index (χ0n) is 12.1. The summed E-state index contributed by atoms with van der Waals surface area (Å²) in [5.74, 6) is -0.328. The highest BCUT2D eigenvalue weighted by Crippen LogP contribution is 2.19. The first-order valence-electron chi connectivity index (χ1n) is 7.26. The maximum Gasteiger partial charge on any atom is 0.124 e. The molecule has 2 rings (SSSR count). The van der Waals surface area contributed by atoms with Gasteiger partial charge in [0.2, 0.25) is 0 Å². The van der Waals surface area contributed by atoms with Crippen molar-refractivity contribution in [3.05, 3.63) is 34.6 Å². The number of hydrogen-bond acceptors (Lipinski definition) is 4. The summed E-state index contributed by atoms with van der Waals surface area (Å²) in [4.78, 5) is 4.48. The van der Waals surface area contributed by atoms with Crippen molar-refractivity contribution in [3.63, 3.8) is 0 Å². The van der Waals surface area contributed by atoms with Gasteiger partial charge in [-0.05, 0) is 17.7 Å². The van der Waals surface area contributed by atoms with Crippen LogP contribution in [0.4, 0.5) is 4.39 Å². The van der Waals surface area contributed by atoms with Crippen LogP contribution < -0.4 is 0 Å². The van der Waals surface area contributed by atoms with Gasteiger partial charge in [-0.1, -0.05) is 17.7 Å². The molecule has 0 amide bonds. The lowest BCUT2D eigenvalue weighted by Gasteiger charge is -2.30. The molecule has 118 valence electrons. The Hall–Kier alpha value is -0.720. The molecule has 0 aliphatic carbocycles. The highest BCUT2D eigenvalue weighted by Gasteiger charge is 2.13. The Balaban J connectivity index is 1.88. The number of aliphatic hydroxyl groups excluding tert-OH is 1. The Morgan fingerprint density at radius 3 is 2.71 bits per heavy atom. The first-order valence-corrected chi connectivity index (χ1v) is 7.64. The van der Waals surface area contributed by atoms with E-state index in [0.29, 0.717) is 18.1 Å². The Morgan fingerprint density at radius 1 is 1.29 bits per heavy atom. The van der Waals surface area contributed by atoms with Crippen LogP contribution in [0.15, 0.2) is 18.2 Å². The van der Waals surface area contributed by atoms with Crippen molar-refractivity contribution in [1.29, 1.82) is 0 Å². The molecule has 1 aromatic rings. The molecule has 1 aromatic carbocycles. The Morgan fingerprint density at radius 2 is 2.05 bits per heavy atom. The third-order valence-electron chi connectivity index (χ3n) is 3.66. The van der Waals surface area contributed by atoms with Crippen LogP contribution in [0.5, 0.6) is 0 Å². The highest BCUT2D eigenvalue weighted by atomic mass is 35.5. The van der Waals surface area contributed by atoms with Gasteiger partial charge in [-0.15, -0.1) is 0 Å². The molecule has 21 heavy (non-hydrogen) atoms. The van der Waals surface area contributed by atoms with Gasteiger partial charge >= 0.3 is 0 Å². The summed E-state index contributed by atoms with van der Waals surface area (Å²) in [6.07, 6.45) is 0. The lowest BCUT2D eigenvalue weighted by atomic mass is 10.2. The Labute approximate surface area is 130 Å². The molecule has 4 nitrogen and oxygen atoms in total. The average Bonchev–Trinajstić information content (AvgIpc) is 2.49. The van der Waals surface area contributed by atoms with Gasteiger partial charge in [-0.2, -0.15) is 0 Å². The van der Waals surface area contributed by atoms with E-state index in [9.17, 15) is 9.50 Å². The normalized spacial score (nSPS) is 16.6. The maximum atomic E-state index is 13.1. The van der Waals surface area contributed by atoms with E-state index in [1.54, 1.807) is 6.07 Å². The summed E-state index contributed by atoms with van der Waals surface area (Å²) in [6.45, 7) is 6.53. The molecule has 1 N–H and O–H groups in total. The van der Waals surface area contributed by atoms with Crippen LogP contribution in [-0.2, 0) is 11.3 Å². The zero-order chi connectivity index (χ0) is 15.1. The molecule has 0 saturated carbocycles. The van der Waals surface area contributed by atoms with Crippen LogP contribution in [0.2, 0.25) is 5.02 Å². The summed E-state index contributed by atoms with van der Waals surface area (Å²) in [6, 6.07) is 4.45. The number of halogens is 2. The van der Waals surface area contributed by atoms with E-state index in [4.69, 9.17) is 16.3 Å². The standard InChI is InChI=1S/C15H22ClFN2O2/c16-15-11-14(17)2-1-13(15)12-19(5-8-20)4-3-18-6-9-21-10-7-18/h1-2,11,20H,3-10,12H2. The minimum absolute atomic E-state index is 0.0991. The van der Waals surface area contributed by atoms with Crippen LogP contribution in [-0.4, -0.2) is 67.5 Å². The largest absolute Gasteiger partial charge is 0.395 e. The molecule has 0 radical (unpaired) electrons. The second-order valence-electron chi connectivity index (χ2n) is 5.19. The molecule has 0 spiro atoms. The van der Waals surface area contributed by atoms with Crippen LogP contribution in [0.25, 0.3) is 0 Å². The van der Waals surface area contributed by atoms with Gasteiger partial charge in [0.05, 0.1) is 19.8 Å². The monoisotopic (exact) mass is 316 g/mol. The Kier molecular flexibility index (Phi) is 6.86. The van der Waals surface area contributed by atoms with Crippen LogP contribution in [0, 0.1) is 5.82 Å². The zero-order valence-corrected chi connectivity index (χ0v) is 12.9. The molecule has 0 bridgehead atoms. The topological polar surface area (TPSA) is 35.9 Å². The first kappa shape index (κ1) is 16.6. The minimum Gasteiger partial charge on any atom is -0.395 e. The number of morpholine rings is 1. The SMILES string of the molecule is OCCN(CCN1CCOCC1)Cc1ccc(F)cc1Cl. The number of hydrogen-bond donors (Lipinski definition) is 1. The second-order valence-corrected chi connectivity index (χ2v) is 5.60. The molecule has 1 heterocycles. The molecule has 0 aromatic heterocycles. The van der Waals surface area contributed by atoms with Crippen LogP contribution in [0.1, 0.15) is 5.56 Å². The van der Waals surface area contributed by atoms with Gasteiger partial charge in [-0.3, -0.25) is 9.80 Å². The fraction of sp³-hybridized carbons (Fsp3) is 0.600. The summed E-state index contributed by atoms with van der Waals surface area (Å²) >= 11 is 6.07. The third-order valence-corrected chi connectivity index (χ3v) is 4.01. The molecule has 1 aliphatic heterocycles. The van der Waals surface area contributed by atoms with Gasteiger partial charge in [0.25, 0.3) is 0 Å². The summed E-state index contributed by atoms with van der Waals surface area (Å²) in [7, 11) is 0. The smallest absolute Gasteiger partial charge is 0.124 e. The van der Waals surface area contributed by atoms with E-state index in [0.717, 1.165) is 45.0 Å². The van der Waals surface area contributed by atoms with Crippen molar-refractivity contribution in [2.75, 3.05) is 52.5 Å².